The monoisotopic (exact) mass is 303 g/mol. The van der Waals surface area contributed by atoms with Gasteiger partial charge in [0.1, 0.15) is 5.60 Å². The Morgan fingerprint density at radius 3 is 2.41 bits per heavy atom. The van der Waals surface area contributed by atoms with Gasteiger partial charge < -0.3 is 15.9 Å². The van der Waals surface area contributed by atoms with E-state index in [1.807, 2.05) is 45.0 Å². The number of rotatable bonds is 7. The molecule has 1 rings (SSSR count). The van der Waals surface area contributed by atoms with Crippen LogP contribution in [0.1, 0.15) is 63.7 Å². The van der Waals surface area contributed by atoms with Crippen molar-refractivity contribution in [3.8, 4) is 11.8 Å². The summed E-state index contributed by atoms with van der Waals surface area (Å²) in [4.78, 5) is 0. The number of hydrogen-bond acceptors (Lipinski definition) is 3. The molecule has 0 unspecified atom stereocenters. The molecule has 2 atom stereocenters. The van der Waals surface area contributed by atoms with Crippen molar-refractivity contribution in [2.45, 2.75) is 58.2 Å². The lowest BCUT2D eigenvalue weighted by Gasteiger charge is -2.20. The number of hydrogen-bond donors (Lipinski definition) is 3. The van der Waals surface area contributed by atoms with Crippen LogP contribution in [0.25, 0.3) is 0 Å². The molecular formula is C19H29NO2. The Bertz CT molecular complexity index is 510. The number of benzene rings is 1. The van der Waals surface area contributed by atoms with E-state index in [0.29, 0.717) is 19.4 Å². The summed E-state index contributed by atoms with van der Waals surface area (Å²) in [6.45, 7) is 6.45. The topological polar surface area (TPSA) is 66.5 Å². The van der Waals surface area contributed by atoms with Gasteiger partial charge in [-0.15, -0.1) is 0 Å². The Kier molecular flexibility index (Phi) is 7.61. The van der Waals surface area contributed by atoms with E-state index in [1.54, 1.807) is 0 Å². The van der Waals surface area contributed by atoms with Gasteiger partial charge in [0.05, 0.1) is 6.10 Å². The zero-order valence-corrected chi connectivity index (χ0v) is 14.0. The second kappa shape index (κ2) is 8.95. The predicted molar refractivity (Wildman–Crippen MR) is 91.3 cm³/mol. The van der Waals surface area contributed by atoms with E-state index in [0.717, 1.165) is 24.0 Å². The number of aliphatic hydroxyl groups excluding tert-OH is 1. The first-order valence-electron chi connectivity index (χ1n) is 8.19. The van der Waals surface area contributed by atoms with Gasteiger partial charge in [-0.25, -0.2) is 0 Å². The second-order valence-corrected chi connectivity index (χ2v) is 6.06. The van der Waals surface area contributed by atoms with Crippen molar-refractivity contribution in [1.29, 1.82) is 0 Å². The van der Waals surface area contributed by atoms with Gasteiger partial charge in [0.15, 0.2) is 0 Å². The Balaban J connectivity index is 2.97. The van der Waals surface area contributed by atoms with E-state index in [9.17, 15) is 10.2 Å². The molecule has 0 aromatic heterocycles. The lowest BCUT2D eigenvalue weighted by molar-refractivity contribution is 0.0807. The van der Waals surface area contributed by atoms with Gasteiger partial charge in [-0.3, -0.25) is 0 Å². The molecule has 22 heavy (non-hydrogen) atoms. The zero-order chi connectivity index (χ0) is 16.6. The van der Waals surface area contributed by atoms with Crippen LogP contribution < -0.4 is 5.73 Å². The molecule has 0 amide bonds. The van der Waals surface area contributed by atoms with Crippen LogP contribution in [0.4, 0.5) is 0 Å². The number of nitrogens with two attached hydrogens (primary N) is 1. The Hall–Kier alpha value is -1.34. The molecule has 0 radical (unpaired) electrons. The van der Waals surface area contributed by atoms with Crippen molar-refractivity contribution in [3.05, 3.63) is 35.4 Å². The normalized spacial score (nSPS) is 14.1. The average molecular weight is 303 g/mol. The highest BCUT2D eigenvalue weighted by Gasteiger charge is 2.21. The minimum Gasteiger partial charge on any atom is -0.388 e. The van der Waals surface area contributed by atoms with Gasteiger partial charge in [-0.1, -0.05) is 57.6 Å². The molecule has 0 aliphatic heterocycles. The van der Waals surface area contributed by atoms with Crippen molar-refractivity contribution in [3.63, 3.8) is 0 Å². The van der Waals surface area contributed by atoms with Gasteiger partial charge in [0.25, 0.3) is 0 Å². The van der Waals surface area contributed by atoms with E-state index >= 15 is 0 Å². The Labute approximate surface area is 134 Å². The molecule has 3 heteroatoms. The molecule has 0 aliphatic carbocycles. The van der Waals surface area contributed by atoms with Crippen molar-refractivity contribution < 1.29 is 10.2 Å². The molecule has 0 spiro atoms. The molecule has 0 saturated carbocycles. The largest absolute Gasteiger partial charge is 0.388 e. The Morgan fingerprint density at radius 1 is 1.23 bits per heavy atom. The van der Waals surface area contributed by atoms with Crippen LogP contribution in [-0.4, -0.2) is 22.4 Å². The van der Waals surface area contributed by atoms with E-state index < -0.39 is 11.7 Å². The van der Waals surface area contributed by atoms with Crippen molar-refractivity contribution in [1.82, 2.24) is 0 Å². The summed E-state index contributed by atoms with van der Waals surface area (Å²) in [5, 5.41) is 20.8. The summed E-state index contributed by atoms with van der Waals surface area (Å²) in [5.41, 5.74) is 6.33. The van der Waals surface area contributed by atoms with Crippen molar-refractivity contribution in [2.24, 2.45) is 11.7 Å². The third-order valence-electron chi connectivity index (χ3n) is 3.91. The van der Waals surface area contributed by atoms with Crippen LogP contribution in [0, 0.1) is 17.8 Å². The summed E-state index contributed by atoms with van der Waals surface area (Å²) < 4.78 is 0. The number of aliphatic hydroxyl groups is 2. The van der Waals surface area contributed by atoms with E-state index in [1.165, 1.54) is 0 Å². The summed E-state index contributed by atoms with van der Waals surface area (Å²) in [5.74, 6) is 6.09. The summed E-state index contributed by atoms with van der Waals surface area (Å²) >= 11 is 0. The summed E-state index contributed by atoms with van der Waals surface area (Å²) in [7, 11) is 0. The minimum absolute atomic E-state index is 0.000300. The molecule has 1 aromatic rings. The molecular weight excluding hydrogens is 274 g/mol. The van der Waals surface area contributed by atoms with Crippen LogP contribution in [-0.2, 0) is 0 Å². The van der Waals surface area contributed by atoms with E-state index in [4.69, 9.17) is 5.73 Å². The third-order valence-corrected chi connectivity index (χ3v) is 3.91. The van der Waals surface area contributed by atoms with Crippen LogP contribution in [0.3, 0.4) is 0 Å². The Morgan fingerprint density at radius 2 is 1.86 bits per heavy atom. The maximum Gasteiger partial charge on any atom is 0.125 e. The van der Waals surface area contributed by atoms with E-state index in [-0.39, 0.29) is 5.92 Å². The van der Waals surface area contributed by atoms with Gasteiger partial charge in [-0.2, -0.15) is 0 Å². The molecule has 0 fully saturated rings. The molecule has 1 aromatic carbocycles. The first-order valence-corrected chi connectivity index (χ1v) is 8.19. The first kappa shape index (κ1) is 18.7. The molecule has 0 aliphatic rings. The first-order chi connectivity index (χ1) is 10.5. The fourth-order valence-corrected chi connectivity index (χ4v) is 2.52. The molecule has 4 N–H and O–H groups in total. The van der Waals surface area contributed by atoms with Crippen molar-refractivity contribution >= 4 is 0 Å². The standard InChI is InChI=1S/C19H29NO2/c1-4-10-19(22,11-5-2)12-9-16-7-6-8-17(13-16)18(21)15(3)14-20/h6-8,13,15,18,21-22H,4-5,10-11,14,20H2,1-3H3/t15-,18-/m1/s1. The predicted octanol–water partition coefficient (Wildman–Crippen LogP) is 3.00. The fraction of sp³-hybridized carbons (Fsp3) is 0.579. The van der Waals surface area contributed by atoms with Crippen LogP contribution in [0.2, 0.25) is 0 Å². The van der Waals surface area contributed by atoms with Crippen molar-refractivity contribution in [2.75, 3.05) is 6.54 Å². The molecule has 0 heterocycles. The summed E-state index contributed by atoms with van der Waals surface area (Å²) in [6, 6.07) is 7.54. The highest BCUT2D eigenvalue weighted by atomic mass is 16.3. The molecule has 3 nitrogen and oxygen atoms in total. The average Bonchev–Trinajstić information content (AvgIpc) is 2.52. The fourth-order valence-electron chi connectivity index (χ4n) is 2.52. The SMILES string of the molecule is CCCC(O)(C#Cc1cccc([C@H](O)[C@H](C)CN)c1)CCC. The molecule has 0 bridgehead atoms. The lowest BCUT2D eigenvalue weighted by atomic mass is 9.92. The van der Waals surface area contributed by atoms with Gasteiger partial charge in [0.2, 0.25) is 0 Å². The second-order valence-electron chi connectivity index (χ2n) is 6.06. The molecule has 0 saturated heterocycles. The van der Waals surface area contributed by atoms with Gasteiger partial charge in [-0.05, 0) is 43.0 Å². The van der Waals surface area contributed by atoms with Gasteiger partial charge >= 0.3 is 0 Å². The minimum atomic E-state index is -0.914. The smallest absolute Gasteiger partial charge is 0.125 e. The van der Waals surface area contributed by atoms with Crippen LogP contribution in [0.15, 0.2) is 24.3 Å². The van der Waals surface area contributed by atoms with Crippen LogP contribution >= 0.6 is 0 Å². The quantitative estimate of drug-likeness (QED) is 0.678. The van der Waals surface area contributed by atoms with E-state index in [2.05, 4.69) is 11.8 Å². The van der Waals surface area contributed by atoms with Crippen LogP contribution in [0.5, 0.6) is 0 Å². The maximum atomic E-state index is 10.5. The highest BCUT2D eigenvalue weighted by Crippen LogP contribution is 2.22. The maximum absolute atomic E-state index is 10.5. The summed E-state index contributed by atoms with van der Waals surface area (Å²) in [6.07, 6.45) is 2.58. The third kappa shape index (κ3) is 5.46. The van der Waals surface area contributed by atoms with Gasteiger partial charge in [0, 0.05) is 5.56 Å². The lowest BCUT2D eigenvalue weighted by Crippen LogP contribution is -2.25. The molecule has 122 valence electrons. The highest BCUT2D eigenvalue weighted by molar-refractivity contribution is 5.39. The zero-order valence-electron chi connectivity index (χ0n) is 14.0.